The van der Waals surface area contributed by atoms with Crippen molar-refractivity contribution in [3.63, 3.8) is 0 Å². The van der Waals surface area contributed by atoms with Crippen molar-refractivity contribution in [2.45, 2.75) is 6.92 Å². The molecule has 4 rings (SSSR count). The topological polar surface area (TPSA) is 37.3 Å². The van der Waals surface area contributed by atoms with Crippen LogP contribution in [-0.2, 0) is 0 Å². The summed E-state index contributed by atoms with van der Waals surface area (Å²) in [5, 5.41) is 4.51. The van der Waals surface area contributed by atoms with Crippen LogP contribution in [0.4, 0.5) is 17.2 Å². The number of fused-ring (bicyclic) bond motifs is 3. The summed E-state index contributed by atoms with van der Waals surface area (Å²) in [5.41, 5.74) is 5.15. The monoisotopic (exact) mass is 259 g/mol. The second-order valence-corrected chi connectivity index (χ2v) is 5.02. The van der Waals surface area contributed by atoms with Gasteiger partial charge >= 0.3 is 0 Å². The van der Waals surface area contributed by atoms with E-state index in [-0.39, 0.29) is 0 Å². The van der Waals surface area contributed by atoms with Crippen LogP contribution in [0.25, 0.3) is 10.9 Å². The molecule has 0 bridgehead atoms. The number of hydrogen-bond acceptors (Lipinski definition) is 3. The van der Waals surface area contributed by atoms with Crippen LogP contribution >= 0.6 is 0 Å². The van der Waals surface area contributed by atoms with Crippen LogP contribution in [0.1, 0.15) is 11.1 Å². The molecule has 0 spiro atoms. The fourth-order valence-electron chi connectivity index (χ4n) is 2.45. The Morgan fingerprint density at radius 1 is 1.00 bits per heavy atom. The van der Waals surface area contributed by atoms with Gasteiger partial charge in [0.25, 0.3) is 0 Å². The second-order valence-electron chi connectivity index (χ2n) is 5.02. The largest absolute Gasteiger partial charge is 0.338 e. The lowest BCUT2D eigenvalue weighted by molar-refractivity contribution is 1.36. The first-order chi connectivity index (χ1) is 9.79. The van der Waals surface area contributed by atoms with E-state index < -0.39 is 0 Å². The summed E-state index contributed by atoms with van der Waals surface area (Å²) in [5.74, 6) is 0.858. The van der Waals surface area contributed by atoms with E-state index >= 15 is 0 Å². The van der Waals surface area contributed by atoms with Crippen LogP contribution in [0.5, 0.6) is 0 Å². The molecule has 3 heteroatoms. The molecule has 96 valence electrons. The molecule has 0 atom stereocenters. The van der Waals surface area contributed by atoms with Gasteiger partial charge in [-0.2, -0.15) is 0 Å². The first-order valence-electron chi connectivity index (χ1n) is 6.61. The summed E-state index contributed by atoms with van der Waals surface area (Å²) >= 11 is 0. The van der Waals surface area contributed by atoms with Gasteiger partial charge in [-0.05, 0) is 36.8 Å². The number of aliphatic imine (C=N–C) groups is 1. The molecule has 3 aromatic rings. The molecule has 2 heterocycles. The Labute approximate surface area is 117 Å². The maximum atomic E-state index is 4.73. The van der Waals surface area contributed by atoms with Crippen LogP contribution in [-0.4, -0.2) is 11.2 Å². The lowest BCUT2D eigenvalue weighted by atomic mass is 10.1. The first-order valence-corrected chi connectivity index (χ1v) is 6.61. The van der Waals surface area contributed by atoms with E-state index in [1.165, 1.54) is 5.56 Å². The Morgan fingerprint density at radius 3 is 2.85 bits per heavy atom. The van der Waals surface area contributed by atoms with Crippen LogP contribution in [0.2, 0.25) is 0 Å². The summed E-state index contributed by atoms with van der Waals surface area (Å²) in [6.45, 7) is 2.08. The molecule has 0 amide bonds. The van der Waals surface area contributed by atoms with Gasteiger partial charge in [0.15, 0.2) is 0 Å². The highest BCUT2D eigenvalue weighted by Crippen LogP contribution is 2.32. The van der Waals surface area contributed by atoms with Gasteiger partial charge in [-0.15, -0.1) is 0 Å². The zero-order chi connectivity index (χ0) is 13.5. The standard InChI is InChI=1S/C17H13N3/c1-11-6-7-12-9-13-10-18-14-4-2-3-5-15(14)19-17(13)20-16(12)8-11/h2-10H,1H3,(H,19,20). The van der Waals surface area contributed by atoms with E-state index in [0.717, 1.165) is 33.7 Å². The van der Waals surface area contributed by atoms with E-state index in [2.05, 4.69) is 41.5 Å². The van der Waals surface area contributed by atoms with Crippen molar-refractivity contribution in [2.24, 2.45) is 4.99 Å². The molecule has 0 saturated heterocycles. The maximum absolute atomic E-state index is 4.73. The Bertz CT molecular complexity index is 850. The van der Waals surface area contributed by atoms with Crippen molar-refractivity contribution in [2.75, 3.05) is 5.32 Å². The molecule has 0 aliphatic carbocycles. The summed E-state index contributed by atoms with van der Waals surface area (Å²) in [4.78, 5) is 9.26. The Hall–Kier alpha value is -2.68. The van der Waals surface area contributed by atoms with E-state index in [4.69, 9.17) is 4.98 Å². The SMILES string of the molecule is Cc1ccc2cc3c(nc2c1)Nc1ccccc1N=C3. The normalized spacial score (nSPS) is 12.4. The number of aromatic nitrogens is 1. The second kappa shape index (κ2) is 4.17. The zero-order valence-electron chi connectivity index (χ0n) is 11.1. The van der Waals surface area contributed by atoms with Gasteiger partial charge in [-0.1, -0.05) is 24.3 Å². The predicted molar refractivity (Wildman–Crippen MR) is 83.5 cm³/mol. The van der Waals surface area contributed by atoms with Crippen LogP contribution in [0, 0.1) is 6.92 Å². The van der Waals surface area contributed by atoms with E-state index in [9.17, 15) is 0 Å². The summed E-state index contributed by atoms with van der Waals surface area (Å²) in [6, 6.07) is 16.4. The average Bonchev–Trinajstić information content (AvgIpc) is 2.63. The lowest BCUT2D eigenvalue weighted by Crippen LogP contribution is -1.97. The molecule has 0 fully saturated rings. The number of para-hydroxylation sites is 2. The van der Waals surface area contributed by atoms with E-state index in [1.807, 2.05) is 30.5 Å². The van der Waals surface area contributed by atoms with Gasteiger partial charge in [-0.25, -0.2) is 4.98 Å². The highest BCUT2D eigenvalue weighted by molar-refractivity contribution is 5.98. The molecule has 0 saturated carbocycles. The van der Waals surface area contributed by atoms with Crippen molar-refractivity contribution in [1.29, 1.82) is 0 Å². The fourth-order valence-corrected chi connectivity index (χ4v) is 2.45. The number of rotatable bonds is 0. The molecule has 2 aromatic carbocycles. The molecule has 3 nitrogen and oxygen atoms in total. The smallest absolute Gasteiger partial charge is 0.140 e. The van der Waals surface area contributed by atoms with Gasteiger partial charge in [0.2, 0.25) is 0 Å². The van der Waals surface area contributed by atoms with Crippen LogP contribution < -0.4 is 5.32 Å². The third-order valence-corrected chi connectivity index (χ3v) is 3.50. The van der Waals surface area contributed by atoms with Crippen molar-refractivity contribution < 1.29 is 0 Å². The van der Waals surface area contributed by atoms with Crippen molar-refractivity contribution in [3.05, 3.63) is 59.7 Å². The minimum Gasteiger partial charge on any atom is -0.338 e. The van der Waals surface area contributed by atoms with E-state index in [0.29, 0.717) is 0 Å². The minimum atomic E-state index is 0.858. The highest BCUT2D eigenvalue weighted by atomic mass is 15.0. The van der Waals surface area contributed by atoms with Gasteiger partial charge < -0.3 is 5.32 Å². The number of benzene rings is 2. The van der Waals surface area contributed by atoms with E-state index in [1.54, 1.807) is 0 Å². The molecular formula is C17H13N3. The first kappa shape index (κ1) is 11.2. The maximum Gasteiger partial charge on any atom is 0.140 e. The highest BCUT2D eigenvalue weighted by Gasteiger charge is 2.11. The molecule has 1 N–H and O–H groups in total. The number of aryl methyl sites for hydroxylation is 1. The Balaban J connectivity index is 1.95. The fraction of sp³-hybridized carbons (Fsp3) is 0.0588. The predicted octanol–water partition coefficient (Wildman–Crippen LogP) is 4.35. The van der Waals surface area contributed by atoms with Crippen molar-refractivity contribution in [1.82, 2.24) is 4.98 Å². The third kappa shape index (κ3) is 1.75. The van der Waals surface area contributed by atoms with Gasteiger partial charge in [-0.3, -0.25) is 4.99 Å². The molecular weight excluding hydrogens is 246 g/mol. The average molecular weight is 259 g/mol. The molecule has 1 aliphatic heterocycles. The van der Waals surface area contributed by atoms with Gasteiger partial charge in [0, 0.05) is 17.2 Å². The van der Waals surface area contributed by atoms with Crippen molar-refractivity contribution in [3.8, 4) is 0 Å². The number of pyridine rings is 1. The molecule has 1 aliphatic rings. The quantitative estimate of drug-likeness (QED) is 0.509. The Morgan fingerprint density at radius 2 is 1.90 bits per heavy atom. The number of anilines is 2. The van der Waals surface area contributed by atoms with Crippen LogP contribution in [0.3, 0.4) is 0 Å². The molecule has 0 radical (unpaired) electrons. The summed E-state index contributed by atoms with van der Waals surface area (Å²) in [7, 11) is 0. The molecule has 1 aromatic heterocycles. The Kier molecular flexibility index (Phi) is 2.33. The molecule has 0 unspecified atom stereocenters. The molecule has 20 heavy (non-hydrogen) atoms. The van der Waals surface area contributed by atoms with Gasteiger partial charge in [0.05, 0.1) is 16.9 Å². The minimum absolute atomic E-state index is 0.858. The zero-order valence-corrected chi connectivity index (χ0v) is 11.1. The van der Waals surface area contributed by atoms with Gasteiger partial charge in [0.1, 0.15) is 5.82 Å². The summed E-state index contributed by atoms with van der Waals surface area (Å²) in [6.07, 6.45) is 1.88. The number of hydrogen-bond donors (Lipinski definition) is 1. The number of nitrogens with one attached hydrogen (secondary N) is 1. The van der Waals surface area contributed by atoms with Crippen LogP contribution in [0.15, 0.2) is 53.5 Å². The lowest BCUT2D eigenvalue weighted by Gasteiger charge is -2.09. The van der Waals surface area contributed by atoms with Crippen molar-refractivity contribution >= 4 is 34.3 Å². The number of nitrogens with zero attached hydrogens (tertiary/aromatic N) is 2. The summed E-state index contributed by atoms with van der Waals surface area (Å²) < 4.78 is 0. The third-order valence-electron chi connectivity index (χ3n) is 3.50.